The second-order valence-electron chi connectivity index (χ2n) is 7.85. The molecule has 0 spiro atoms. The Bertz CT molecular complexity index is 432. The first-order valence-electron chi connectivity index (χ1n) is 11.1. The minimum Gasteiger partial charge on any atom is -0.394 e. The molecule has 0 radical (unpaired) electrons. The van der Waals surface area contributed by atoms with Crippen molar-refractivity contribution in [2.45, 2.75) is 102 Å². The molecule has 0 unspecified atom stereocenters. The van der Waals surface area contributed by atoms with Gasteiger partial charge in [0.1, 0.15) is 24.4 Å². The first kappa shape index (κ1) is 28.0. The molecule has 0 heterocycles. The van der Waals surface area contributed by atoms with E-state index in [2.05, 4.69) is 19.1 Å². The van der Waals surface area contributed by atoms with Gasteiger partial charge in [0.2, 0.25) is 5.91 Å². The average Bonchev–Trinajstić information content (AvgIpc) is 2.72. The summed E-state index contributed by atoms with van der Waals surface area (Å²) in [6.45, 7) is 1.33. The summed E-state index contributed by atoms with van der Waals surface area (Å²) in [5.74, 6) is -0.136. The molecule has 0 aliphatic heterocycles. The Morgan fingerprint density at radius 3 is 1.93 bits per heavy atom. The van der Waals surface area contributed by atoms with Crippen molar-refractivity contribution in [1.29, 1.82) is 0 Å². The Balaban J connectivity index is 3.81. The van der Waals surface area contributed by atoms with Crippen LogP contribution in [0.15, 0.2) is 12.2 Å². The summed E-state index contributed by atoms with van der Waals surface area (Å²) in [7, 11) is 1.53. The van der Waals surface area contributed by atoms with Crippen LogP contribution in [0.3, 0.4) is 0 Å². The molecule has 0 bridgehead atoms. The molecular weight excluding hydrogens is 374 g/mol. The Labute approximate surface area is 176 Å². The maximum atomic E-state index is 12.1. The molecule has 29 heavy (non-hydrogen) atoms. The van der Waals surface area contributed by atoms with Gasteiger partial charge < -0.3 is 30.4 Å². The van der Waals surface area contributed by atoms with Gasteiger partial charge in [-0.05, 0) is 32.1 Å². The van der Waals surface area contributed by atoms with E-state index in [1.165, 1.54) is 44.1 Å². The van der Waals surface area contributed by atoms with Gasteiger partial charge in [-0.25, -0.2) is 0 Å². The van der Waals surface area contributed by atoms with E-state index in [9.17, 15) is 25.2 Å². The second-order valence-corrected chi connectivity index (χ2v) is 7.85. The molecule has 0 aliphatic carbocycles. The Morgan fingerprint density at radius 1 is 0.828 bits per heavy atom. The van der Waals surface area contributed by atoms with Crippen LogP contribution in [-0.2, 0) is 4.79 Å². The van der Waals surface area contributed by atoms with E-state index >= 15 is 0 Å². The molecular formula is C22H43NO6. The van der Waals surface area contributed by atoms with Gasteiger partial charge in [0, 0.05) is 20.0 Å². The van der Waals surface area contributed by atoms with Crippen molar-refractivity contribution >= 4 is 5.91 Å². The fourth-order valence-electron chi connectivity index (χ4n) is 3.06. The van der Waals surface area contributed by atoms with Gasteiger partial charge in [0.05, 0.1) is 6.61 Å². The zero-order chi connectivity index (χ0) is 22.1. The Kier molecular flexibility index (Phi) is 17.2. The molecule has 172 valence electrons. The number of nitrogens with zero attached hydrogens (tertiary/aromatic N) is 1. The van der Waals surface area contributed by atoms with Gasteiger partial charge in [0.25, 0.3) is 0 Å². The molecule has 7 nitrogen and oxygen atoms in total. The third-order valence-corrected chi connectivity index (χ3v) is 5.11. The monoisotopic (exact) mass is 417 g/mol. The van der Waals surface area contributed by atoms with Gasteiger partial charge in [-0.3, -0.25) is 4.79 Å². The number of hydrogen-bond acceptors (Lipinski definition) is 6. The van der Waals surface area contributed by atoms with Crippen molar-refractivity contribution in [2.75, 3.05) is 20.2 Å². The van der Waals surface area contributed by atoms with Crippen LogP contribution >= 0.6 is 0 Å². The lowest BCUT2D eigenvalue weighted by atomic mass is 10.0. The van der Waals surface area contributed by atoms with E-state index in [4.69, 9.17) is 5.11 Å². The lowest BCUT2D eigenvalue weighted by Crippen LogP contribution is -2.49. The van der Waals surface area contributed by atoms with Crippen LogP contribution in [0.2, 0.25) is 0 Å². The number of aliphatic hydroxyl groups excluding tert-OH is 5. The number of hydrogen-bond donors (Lipinski definition) is 5. The Morgan fingerprint density at radius 2 is 1.34 bits per heavy atom. The van der Waals surface area contributed by atoms with Crippen molar-refractivity contribution < 1.29 is 30.3 Å². The van der Waals surface area contributed by atoms with E-state index in [0.717, 1.165) is 32.1 Å². The van der Waals surface area contributed by atoms with Gasteiger partial charge in [-0.2, -0.15) is 0 Å². The van der Waals surface area contributed by atoms with Crippen LogP contribution < -0.4 is 0 Å². The number of carbonyl (C=O) groups excluding carboxylic acids is 1. The highest BCUT2D eigenvalue weighted by Gasteiger charge is 2.31. The van der Waals surface area contributed by atoms with Crippen molar-refractivity contribution in [1.82, 2.24) is 4.90 Å². The smallest absolute Gasteiger partial charge is 0.222 e. The molecule has 7 heteroatoms. The number of amides is 1. The van der Waals surface area contributed by atoms with Crippen molar-refractivity contribution in [2.24, 2.45) is 0 Å². The van der Waals surface area contributed by atoms with E-state index in [1.54, 1.807) is 0 Å². The summed E-state index contributed by atoms with van der Waals surface area (Å²) in [5.41, 5.74) is 0. The number of rotatable bonds is 18. The first-order chi connectivity index (χ1) is 13.8. The normalized spacial score (nSPS) is 16.0. The zero-order valence-corrected chi connectivity index (χ0v) is 18.2. The summed E-state index contributed by atoms with van der Waals surface area (Å²) in [6.07, 6.45) is 9.94. The summed E-state index contributed by atoms with van der Waals surface area (Å²) >= 11 is 0. The molecule has 0 aromatic heterocycles. The SMILES string of the molecule is CCCCCC=CCCCCCCCC(=O)N(C)C[C@H](O)[C@@H](O)[C@H](O)[C@H](O)CO. The molecule has 5 N–H and O–H groups in total. The zero-order valence-electron chi connectivity index (χ0n) is 18.2. The molecule has 0 aromatic rings. The van der Waals surface area contributed by atoms with Crippen LogP contribution in [0.25, 0.3) is 0 Å². The van der Waals surface area contributed by atoms with Crippen molar-refractivity contribution in [3.8, 4) is 0 Å². The third-order valence-electron chi connectivity index (χ3n) is 5.11. The van der Waals surface area contributed by atoms with E-state index in [0.29, 0.717) is 6.42 Å². The molecule has 0 saturated heterocycles. The lowest BCUT2D eigenvalue weighted by Gasteiger charge is -2.28. The summed E-state index contributed by atoms with van der Waals surface area (Å²) in [4.78, 5) is 13.4. The largest absolute Gasteiger partial charge is 0.394 e. The minimum absolute atomic E-state index is 0.136. The van der Waals surface area contributed by atoms with Crippen molar-refractivity contribution in [3.63, 3.8) is 0 Å². The molecule has 0 aromatic carbocycles. The fraction of sp³-hybridized carbons (Fsp3) is 0.864. The van der Waals surface area contributed by atoms with Crippen LogP contribution in [0.4, 0.5) is 0 Å². The quantitative estimate of drug-likeness (QED) is 0.171. The maximum Gasteiger partial charge on any atom is 0.222 e. The molecule has 0 rings (SSSR count). The van der Waals surface area contributed by atoms with E-state index < -0.39 is 31.0 Å². The van der Waals surface area contributed by atoms with Gasteiger partial charge in [-0.15, -0.1) is 0 Å². The Hall–Kier alpha value is -0.990. The summed E-state index contributed by atoms with van der Waals surface area (Å²) in [6, 6.07) is 0. The number of likely N-dealkylation sites (N-methyl/N-ethyl adjacent to an activating group) is 1. The molecule has 4 atom stereocenters. The van der Waals surface area contributed by atoms with Gasteiger partial charge >= 0.3 is 0 Å². The molecule has 1 amide bonds. The molecule has 0 fully saturated rings. The highest BCUT2D eigenvalue weighted by molar-refractivity contribution is 5.75. The fourth-order valence-corrected chi connectivity index (χ4v) is 3.06. The topological polar surface area (TPSA) is 121 Å². The number of unbranched alkanes of at least 4 members (excludes halogenated alkanes) is 8. The average molecular weight is 418 g/mol. The predicted molar refractivity (Wildman–Crippen MR) is 114 cm³/mol. The van der Waals surface area contributed by atoms with Crippen LogP contribution in [0.5, 0.6) is 0 Å². The van der Waals surface area contributed by atoms with Crippen LogP contribution in [0, 0.1) is 0 Å². The molecule has 0 saturated carbocycles. The molecule has 0 aliphatic rings. The summed E-state index contributed by atoms with van der Waals surface area (Å²) in [5, 5.41) is 47.4. The van der Waals surface area contributed by atoms with Crippen LogP contribution in [0.1, 0.15) is 77.6 Å². The second kappa shape index (κ2) is 17.8. The standard InChI is InChI=1S/C22H43NO6/c1-3-4-5-6-7-8-9-10-11-12-13-14-15-20(27)23(2)16-18(25)21(28)22(29)19(26)17-24/h7-8,18-19,21-22,24-26,28-29H,3-6,9-17H2,1-2H3/t18-,19+,21+,22+/m0/s1. The maximum absolute atomic E-state index is 12.1. The van der Waals surface area contributed by atoms with Crippen LogP contribution in [-0.4, -0.2) is 81.0 Å². The highest BCUT2D eigenvalue weighted by Crippen LogP contribution is 2.11. The van der Waals surface area contributed by atoms with Crippen molar-refractivity contribution in [3.05, 3.63) is 12.2 Å². The predicted octanol–water partition coefficient (Wildman–Crippen LogP) is 1.75. The summed E-state index contributed by atoms with van der Waals surface area (Å²) < 4.78 is 0. The first-order valence-corrected chi connectivity index (χ1v) is 11.1. The third kappa shape index (κ3) is 13.8. The van der Waals surface area contributed by atoms with E-state index in [1.807, 2.05) is 0 Å². The number of allylic oxidation sites excluding steroid dienone is 2. The van der Waals surface area contributed by atoms with E-state index in [-0.39, 0.29) is 12.5 Å². The van der Waals surface area contributed by atoms with Gasteiger partial charge in [0.15, 0.2) is 0 Å². The van der Waals surface area contributed by atoms with Gasteiger partial charge in [-0.1, -0.05) is 51.2 Å². The lowest BCUT2D eigenvalue weighted by molar-refractivity contribution is -0.138. The number of carbonyl (C=O) groups is 1. The highest BCUT2D eigenvalue weighted by atomic mass is 16.4. The number of aliphatic hydroxyl groups is 5. The minimum atomic E-state index is -1.68.